The van der Waals surface area contributed by atoms with Crippen molar-refractivity contribution < 1.29 is 0 Å². The topological polar surface area (TPSA) is 26.0 Å². The molecule has 0 spiro atoms. The van der Waals surface area contributed by atoms with Crippen LogP contribution in [0.1, 0.15) is 22.3 Å². The van der Waals surface area contributed by atoms with Crippen LogP contribution >= 0.6 is 27.7 Å². The van der Waals surface area contributed by atoms with Gasteiger partial charge >= 0.3 is 0 Å². The van der Waals surface area contributed by atoms with Crippen LogP contribution in [0.5, 0.6) is 0 Å². The van der Waals surface area contributed by atoms with E-state index in [1.807, 2.05) is 17.8 Å². The molecule has 0 fully saturated rings. The Bertz CT molecular complexity index is 561. The summed E-state index contributed by atoms with van der Waals surface area (Å²) >= 11 is 5.37. The summed E-state index contributed by atoms with van der Waals surface area (Å²) in [4.78, 5) is 1.26. The van der Waals surface area contributed by atoms with Crippen molar-refractivity contribution in [2.24, 2.45) is 5.73 Å². The van der Waals surface area contributed by atoms with Crippen molar-refractivity contribution in [1.29, 1.82) is 0 Å². The van der Waals surface area contributed by atoms with Gasteiger partial charge in [0.15, 0.2) is 0 Å². The molecule has 2 N–H and O–H groups in total. The summed E-state index contributed by atoms with van der Waals surface area (Å²) in [7, 11) is 0. The monoisotopic (exact) mass is 335 g/mol. The zero-order valence-corrected chi connectivity index (χ0v) is 13.6. The zero-order valence-electron chi connectivity index (χ0n) is 11.2. The Hall–Kier alpha value is -0.770. The van der Waals surface area contributed by atoms with Gasteiger partial charge in [0.25, 0.3) is 0 Å². The van der Waals surface area contributed by atoms with Gasteiger partial charge in [0.2, 0.25) is 0 Å². The van der Waals surface area contributed by atoms with E-state index >= 15 is 0 Å². The summed E-state index contributed by atoms with van der Waals surface area (Å²) in [5.41, 5.74) is 11.0. The van der Waals surface area contributed by atoms with Crippen LogP contribution < -0.4 is 5.73 Å². The maximum atomic E-state index is 5.79. The Morgan fingerprint density at radius 3 is 2.37 bits per heavy atom. The smallest absolute Gasteiger partial charge is 0.0232 e. The lowest BCUT2D eigenvalue weighted by Gasteiger charge is -2.09. The molecular weight excluding hydrogens is 318 g/mol. The van der Waals surface area contributed by atoms with Gasteiger partial charge in [-0.15, -0.1) is 11.8 Å². The molecule has 0 aliphatic carbocycles. The van der Waals surface area contributed by atoms with E-state index in [1.165, 1.54) is 27.1 Å². The lowest BCUT2D eigenvalue weighted by Crippen LogP contribution is -1.98. The quantitative estimate of drug-likeness (QED) is 0.811. The van der Waals surface area contributed by atoms with Crippen molar-refractivity contribution >= 4 is 27.7 Å². The predicted molar refractivity (Wildman–Crippen MR) is 87.5 cm³/mol. The number of hydrogen-bond donors (Lipinski definition) is 1. The molecule has 0 unspecified atom stereocenters. The molecule has 0 bridgehead atoms. The Kier molecular flexibility index (Phi) is 5.08. The fraction of sp³-hybridized carbons (Fsp3) is 0.250. The van der Waals surface area contributed by atoms with E-state index in [0.717, 1.165) is 10.2 Å². The van der Waals surface area contributed by atoms with Crippen LogP contribution in [0.25, 0.3) is 0 Å². The molecule has 3 heteroatoms. The third-order valence-electron chi connectivity index (χ3n) is 2.92. The molecule has 0 aliphatic rings. The lowest BCUT2D eigenvalue weighted by atomic mass is 10.1. The average Bonchev–Trinajstić information content (AvgIpc) is 2.35. The molecule has 0 saturated carbocycles. The molecule has 19 heavy (non-hydrogen) atoms. The highest BCUT2D eigenvalue weighted by Crippen LogP contribution is 2.29. The second-order valence-electron chi connectivity index (χ2n) is 4.74. The maximum Gasteiger partial charge on any atom is 0.0232 e. The SMILES string of the molecule is Cc1cc(C)cc(CSc2cc(Br)ccc2CN)c1. The summed E-state index contributed by atoms with van der Waals surface area (Å²) in [6.45, 7) is 4.87. The molecule has 0 heterocycles. The summed E-state index contributed by atoms with van der Waals surface area (Å²) in [5, 5.41) is 0. The van der Waals surface area contributed by atoms with Crippen LogP contribution in [-0.2, 0) is 12.3 Å². The second-order valence-corrected chi connectivity index (χ2v) is 6.67. The van der Waals surface area contributed by atoms with Gasteiger partial charge in [0.05, 0.1) is 0 Å². The first-order chi connectivity index (χ1) is 9.08. The largest absolute Gasteiger partial charge is 0.326 e. The van der Waals surface area contributed by atoms with Crippen molar-refractivity contribution in [2.45, 2.75) is 31.0 Å². The number of nitrogens with two attached hydrogens (primary N) is 1. The highest BCUT2D eigenvalue weighted by molar-refractivity contribution is 9.10. The van der Waals surface area contributed by atoms with Crippen molar-refractivity contribution in [1.82, 2.24) is 0 Å². The van der Waals surface area contributed by atoms with Crippen LogP contribution in [0, 0.1) is 13.8 Å². The average molecular weight is 336 g/mol. The molecule has 0 aliphatic heterocycles. The molecule has 1 nitrogen and oxygen atoms in total. The standard InChI is InChI=1S/C16H18BrNS/c1-11-5-12(2)7-13(6-11)10-19-16-8-15(17)4-3-14(16)9-18/h3-8H,9-10,18H2,1-2H3. The normalized spacial score (nSPS) is 10.7. The van der Waals surface area contributed by atoms with Crippen LogP contribution in [-0.4, -0.2) is 0 Å². The first kappa shape index (κ1) is 14.6. The minimum absolute atomic E-state index is 0.586. The van der Waals surface area contributed by atoms with Gasteiger partial charge in [0, 0.05) is 21.7 Å². The molecule has 2 aromatic rings. The number of benzene rings is 2. The summed E-state index contributed by atoms with van der Waals surface area (Å²) in [6.07, 6.45) is 0. The number of thioether (sulfide) groups is 1. The molecule has 0 radical (unpaired) electrons. The van der Waals surface area contributed by atoms with E-state index in [2.05, 4.69) is 60.1 Å². The Labute approximate surface area is 127 Å². The van der Waals surface area contributed by atoms with E-state index in [-0.39, 0.29) is 0 Å². The van der Waals surface area contributed by atoms with E-state index in [4.69, 9.17) is 5.73 Å². The van der Waals surface area contributed by atoms with Gasteiger partial charge in [0.1, 0.15) is 0 Å². The van der Waals surface area contributed by atoms with Crippen molar-refractivity contribution in [3.63, 3.8) is 0 Å². The molecule has 0 atom stereocenters. The summed E-state index contributed by atoms with van der Waals surface area (Å²) in [6, 6.07) is 13.0. The molecule has 0 saturated heterocycles. The molecule has 100 valence electrons. The molecular formula is C16H18BrNS. The van der Waals surface area contributed by atoms with Gasteiger partial charge in [-0.3, -0.25) is 0 Å². The number of aryl methyl sites for hydroxylation is 2. The molecule has 2 aromatic carbocycles. The van der Waals surface area contributed by atoms with Gasteiger partial charge in [-0.05, 0) is 37.1 Å². The highest BCUT2D eigenvalue weighted by atomic mass is 79.9. The second kappa shape index (κ2) is 6.60. The third-order valence-corrected chi connectivity index (χ3v) is 4.59. The number of halogens is 1. The molecule has 0 aromatic heterocycles. The van der Waals surface area contributed by atoms with Crippen LogP contribution in [0.2, 0.25) is 0 Å². The van der Waals surface area contributed by atoms with Crippen LogP contribution in [0.4, 0.5) is 0 Å². The maximum absolute atomic E-state index is 5.79. The Balaban J connectivity index is 2.16. The first-order valence-corrected chi connectivity index (χ1v) is 8.05. The van der Waals surface area contributed by atoms with E-state index in [0.29, 0.717) is 6.54 Å². The van der Waals surface area contributed by atoms with Crippen LogP contribution in [0.3, 0.4) is 0 Å². The van der Waals surface area contributed by atoms with Gasteiger partial charge in [-0.2, -0.15) is 0 Å². The molecule has 0 amide bonds. The third kappa shape index (κ3) is 4.10. The summed E-state index contributed by atoms with van der Waals surface area (Å²) < 4.78 is 1.10. The van der Waals surface area contributed by atoms with Gasteiger partial charge in [-0.1, -0.05) is 51.3 Å². The Morgan fingerprint density at radius 1 is 1.05 bits per heavy atom. The zero-order chi connectivity index (χ0) is 13.8. The molecule has 2 rings (SSSR count). The van der Waals surface area contributed by atoms with Gasteiger partial charge in [-0.25, -0.2) is 0 Å². The Morgan fingerprint density at radius 2 is 1.74 bits per heavy atom. The minimum Gasteiger partial charge on any atom is -0.326 e. The first-order valence-electron chi connectivity index (χ1n) is 6.27. The van der Waals surface area contributed by atoms with E-state index in [9.17, 15) is 0 Å². The fourth-order valence-electron chi connectivity index (χ4n) is 2.14. The number of rotatable bonds is 4. The van der Waals surface area contributed by atoms with Crippen LogP contribution in [0.15, 0.2) is 45.8 Å². The predicted octanol–water partition coefficient (Wildman–Crippen LogP) is 4.82. The van der Waals surface area contributed by atoms with Crippen molar-refractivity contribution in [3.05, 3.63) is 63.1 Å². The van der Waals surface area contributed by atoms with E-state index in [1.54, 1.807) is 0 Å². The van der Waals surface area contributed by atoms with Crippen molar-refractivity contribution in [3.8, 4) is 0 Å². The van der Waals surface area contributed by atoms with E-state index < -0.39 is 0 Å². The summed E-state index contributed by atoms with van der Waals surface area (Å²) in [5.74, 6) is 0.978. The highest BCUT2D eigenvalue weighted by Gasteiger charge is 2.04. The lowest BCUT2D eigenvalue weighted by molar-refractivity contribution is 1.02. The van der Waals surface area contributed by atoms with Gasteiger partial charge < -0.3 is 5.73 Å². The minimum atomic E-state index is 0.586. The number of hydrogen-bond acceptors (Lipinski definition) is 2. The van der Waals surface area contributed by atoms with Crippen molar-refractivity contribution in [2.75, 3.05) is 0 Å². The fourth-order valence-corrected chi connectivity index (χ4v) is 3.69.